The first-order chi connectivity index (χ1) is 12.7. The van der Waals surface area contributed by atoms with Gasteiger partial charge in [0.1, 0.15) is 0 Å². The molecule has 1 aromatic heterocycles. The molecule has 0 saturated heterocycles. The molecule has 0 saturated carbocycles. The lowest BCUT2D eigenvalue weighted by atomic mass is 9.98. The number of nitrogens with zero attached hydrogens (tertiary/aromatic N) is 2. The number of amides is 1. The Morgan fingerprint density at radius 3 is 2.46 bits per heavy atom. The van der Waals surface area contributed by atoms with E-state index >= 15 is 0 Å². The second kappa shape index (κ2) is 8.40. The van der Waals surface area contributed by atoms with E-state index in [4.69, 9.17) is 9.15 Å². The number of benzene rings is 2. The fourth-order valence-electron chi connectivity index (χ4n) is 2.61. The van der Waals surface area contributed by atoms with Crippen LogP contribution in [0.4, 0.5) is 0 Å². The summed E-state index contributed by atoms with van der Waals surface area (Å²) in [6.07, 6.45) is 0. The highest BCUT2D eigenvalue weighted by Gasteiger charge is 2.13. The van der Waals surface area contributed by atoms with Gasteiger partial charge >= 0.3 is 0 Å². The fraction of sp³-hybridized carbons (Fsp3) is 0.250. The van der Waals surface area contributed by atoms with Gasteiger partial charge in [-0.2, -0.15) is 0 Å². The first-order valence-corrected chi connectivity index (χ1v) is 8.55. The van der Waals surface area contributed by atoms with Crippen LogP contribution in [0.1, 0.15) is 23.2 Å². The molecule has 6 nitrogen and oxygen atoms in total. The zero-order valence-electron chi connectivity index (χ0n) is 14.9. The Labute approximate surface area is 152 Å². The first kappa shape index (κ1) is 17.8. The molecule has 0 unspecified atom stereocenters. The van der Waals surface area contributed by atoms with E-state index in [2.05, 4.69) is 15.5 Å². The van der Waals surface area contributed by atoms with Crippen molar-refractivity contribution in [1.29, 1.82) is 0 Å². The molecule has 1 N–H and O–H groups in total. The third kappa shape index (κ3) is 4.15. The van der Waals surface area contributed by atoms with E-state index in [1.165, 1.54) is 0 Å². The van der Waals surface area contributed by atoms with Crippen molar-refractivity contribution in [3.8, 4) is 22.6 Å². The Hall–Kier alpha value is -2.99. The number of nitrogens with one attached hydrogen (secondary N) is 1. The van der Waals surface area contributed by atoms with Crippen LogP contribution in [0.2, 0.25) is 0 Å². The molecule has 0 bridgehead atoms. The fourth-order valence-corrected chi connectivity index (χ4v) is 2.61. The van der Waals surface area contributed by atoms with Crippen LogP contribution in [0.3, 0.4) is 0 Å². The van der Waals surface area contributed by atoms with Crippen molar-refractivity contribution < 1.29 is 13.9 Å². The van der Waals surface area contributed by atoms with Crippen molar-refractivity contribution in [3.63, 3.8) is 0 Å². The normalized spacial score (nSPS) is 10.7. The highest BCUT2D eigenvalue weighted by Crippen LogP contribution is 2.31. The molecule has 6 heteroatoms. The number of ether oxygens (including phenoxy) is 1. The minimum absolute atomic E-state index is 0.114. The SMILES string of the molecule is CCOCCNC(=O)c1ccc(-c2ccccc2-c2nnc(C)o2)cc1. The second-order valence-corrected chi connectivity index (χ2v) is 5.70. The summed E-state index contributed by atoms with van der Waals surface area (Å²) >= 11 is 0. The number of carbonyl (C=O) groups excluding carboxylic acids is 1. The van der Waals surface area contributed by atoms with Gasteiger partial charge in [0.15, 0.2) is 0 Å². The van der Waals surface area contributed by atoms with Gasteiger partial charge < -0.3 is 14.5 Å². The molecular weight excluding hydrogens is 330 g/mol. The standard InChI is InChI=1S/C20H21N3O3/c1-3-25-13-12-21-19(24)16-10-8-15(9-11-16)17-6-4-5-7-18(17)20-23-22-14(2)26-20/h4-11H,3,12-13H2,1-2H3,(H,21,24). The van der Waals surface area contributed by atoms with Gasteiger partial charge in [-0.05, 0) is 36.2 Å². The van der Waals surface area contributed by atoms with Gasteiger partial charge in [0.05, 0.1) is 6.61 Å². The molecule has 1 amide bonds. The highest BCUT2D eigenvalue weighted by molar-refractivity contribution is 5.95. The summed E-state index contributed by atoms with van der Waals surface area (Å²) in [4.78, 5) is 12.1. The minimum Gasteiger partial charge on any atom is -0.421 e. The monoisotopic (exact) mass is 351 g/mol. The zero-order chi connectivity index (χ0) is 18.4. The molecule has 1 heterocycles. The number of aromatic nitrogens is 2. The van der Waals surface area contributed by atoms with Gasteiger partial charge in [-0.15, -0.1) is 10.2 Å². The van der Waals surface area contributed by atoms with E-state index in [9.17, 15) is 4.79 Å². The maximum Gasteiger partial charge on any atom is 0.251 e. The summed E-state index contributed by atoms with van der Waals surface area (Å²) in [5.74, 6) is 0.891. The van der Waals surface area contributed by atoms with Gasteiger partial charge in [-0.25, -0.2) is 0 Å². The summed E-state index contributed by atoms with van der Waals surface area (Å²) in [5.41, 5.74) is 3.42. The summed E-state index contributed by atoms with van der Waals surface area (Å²) in [5, 5.41) is 10.8. The predicted molar refractivity (Wildman–Crippen MR) is 98.7 cm³/mol. The molecule has 0 spiro atoms. The third-order valence-electron chi connectivity index (χ3n) is 3.88. The second-order valence-electron chi connectivity index (χ2n) is 5.70. The molecular formula is C20H21N3O3. The number of hydrogen-bond acceptors (Lipinski definition) is 5. The molecule has 0 fully saturated rings. The lowest BCUT2D eigenvalue weighted by Crippen LogP contribution is -2.27. The number of hydrogen-bond donors (Lipinski definition) is 1. The van der Waals surface area contributed by atoms with E-state index in [0.29, 0.717) is 37.1 Å². The lowest BCUT2D eigenvalue weighted by molar-refractivity contribution is 0.0922. The van der Waals surface area contributed by atoms with Gasteiger partial charge in [0.25, 0.3) is 5.91 Å². The topological polar surface area (TPSA) is 77.2 Å². The Bertz CT molecular complexity index is 872. The first-order valence-electron chi connectivity index (χ1n) is 8.55. The van der Waals surface area contributed by atoms with Crippen molar-refractivity contribution in [3.05, 3.63) is 60.0 Å². The van der Waals surface area contributed by atoms with Gasteiger partial charge in [-0.1, -0.05) is 30.3 Å². The largest absolute Gasteiger partial charge is 0.421 e. The van der Waals surface area contributed by atoms with Crippen molar-refractivity contribution in [2.24, 2.45) is 0 Å². The van der Waals surface area contributed by atoms with Gasteiger partial charge in [-0.3, -0.25) is 4.79 Å². The van der Waals surface area contributed by atoms with Crippen LogP contribution in [0.25, 0.3) is 22.6 Å². The Morgan fingerprint density at radius 1 is 1.08 bits per heavy atom. The van der Waals surface area contributed by atoms with Crippen LogP contribution >= 0.6 is 0 Å². The molecule has 2 aromatic carbocycles. The molecule has 0 aliphatic heterocycles. The Morgan fingerprint density at radius 2 is 1.81 bits per heavy atom. The third-order valence-corrected chi connectivity index (χ3v) is 3.88. The Kier molecular flexibility index (Phi) is 5.76. The van der Waals surface area contributed by atoms with Crippen LogP contribution in [-0.4, -0.2) is 35.9 Å². The van der Waals surface area contributed by atoms with Crippen LogP contribution < -0.4 is 5.32 Å². The number of carbonyl (C=O) groups is 1. The molecule has 0 aliphatic carbocycles. The lowest BCUT2D eigenvalue weighted by Gasteiger charge is -2.08. The average Bonchev–Trinajstić information content (AvgIpc) is 3.11. The van der Waals surface area contributed by atoms with E-state index < -0.39 is 0 Å². The maximum atomic E-state index is 12.1. The maximum absolute atomic E-state index is 12.1. The zero-order valence-corrected chi connectivity index (χ0v) is 14.9. The molecule has 0 atom stereocenters. The predicted octanol–water partition coefficient (Wildman–Crippen LogP) is 3.48. The highest BCUT2D eigenvalue weighted by atomic mass is 16.5. The minimum atomic E-state index is -0.114. The smallest absolute Gasteiger partial charge is 0.251 e. The van der Waals surface area contributed by atoms with Crippen LogP contribution in [0, 0.1) is 6.92 Å². The molecule has 3 aromatic rings. The number of rotatable bonds is 7. The van der Waals surface area contributed by atoms with E-state index in [-0.39, 0.29) is 5.91 Å². The van der Waals surface area contributed by atoms with Crippen molar-refractivity contribution in [2.75, 3.05) is 19.8 Å². The van der Waals surface area contributed by atoms with E-state index in [1.807, 2.05) is 43.3 Å². The van der Waals surface area contributed by atoms with E-state index in [0.717, 1.165) is 16.7 Å². The van der Waals surface area contributed by atoms with Gasteiger partial charge in [0.2, 0.25) is 11.8 Å². The van der Waals surface area contributed by atoms with Crippen LogP contribution in [0.5, 0.6) is 0 Å². The summed E-state index contributed by atoms with van der Waals surface area (Å²) in [7, 11) is 0. The summed E-state index contributed by atoms with van der Waals surface area (Å²) in [6.45, 7) is 5.33. The van der Waals surface area contributed by atoms with Crippen molar-refractivity contribution in [2.45, 2.75) is 13.8 Å². The molecule has 0 aliphatic rings. The Balaban J connectivity index is 1.78. The molecule has 3 rings (SSSR count). The molecule has 26 heavy (non-hydrogen) atoms. The van der Waals surface area contributed by atoms with E-state index in [1.54, 1.807) is 19.1 Å². The molecule has 0 radical (unpaired) electrons. The average molecular weight is 351 g/mol. The van der Waals surface area contributed by atoms with Crippen molar-refractivity contribution in [1.82, 2.24) is 15.5 Å². The van der Waals surface area contributed by atoms with Crippen LogP contribution in [0.15, 0.2) is 52.9 Å². The summed E-state index contributed by atoms with van der Waals surface area (Å²) < 4.78 is 10.8. The van der Waals surface area contributed by atoms with Gasteiger partial charge in [0, 0.05) is 31.2 Å². The van der Waals surface area contributed by atoms with Crippen molar-refractivity contribution >= 4 is 5.91 Å². The summed E-state index contributed by atoms with van der Waals surface area (Å²) in [6, 6.07) is 15.3. The quantitative estimate of drug-likeness (QED) is 0.660. The molecule has 134 valence electrons. The number of aryl methyl sites for hydroxylation is 1. The van der Waals surface area contributed by atoms with Crippen LogP contribution in [-0.2, 0) is 4.74 Å².